The van der Waals surface area contributed by atoms with Gasteiger partial charge in [0.05, 0.1) is 6.10 Å². The Bertz CT molecular complexity index is 121. The topological polar surface area (TPSA) is 9.23 Å². The van der Waals surface area contributed by atoms with Crippen LogP contribution in [0.25, 0.3) is 0 Å². The molecule has 0 saturated heterocycles. The quantitative estimate of drug-likeness (QED) is 0.658. The molecule has 72 valence electrons. The van der Waals surface area contributed by atoms with Gasteiger partial charge in [0.1, 0.15) is 0 Å². The summed E-state index contributed by atoms with van der Waals surface area (Å²) in [6.45, 7) is 0. The molecule has 0 aliphatic heterocycles. The van der Waals surface area contributed by atoms with E-state index in [0.717, 1.165) is 16.9 Å². The number of rotatable bonds is 4. The van der Waals surface area contributed by atoms with Crippen molar-refractivity contribution >= 4 is 23.4 Å². The zero-order valence-corrected chi connectivity index (χ0v) is 9.16. The summed E-state index contributed by atoms with van der Waals surface area (Å²) in [5.41, 5.74) is 0. The fraction of sp³-hybridized carbons (Fsp3) is 1.00. The molecule has 0 amide bonds. The van der Waals surface area contributed by atoms with E-state index in [0.29, 0.717) is 6.10 Å². The van der Waals surface area contributed by atoms with Crippen LogP contribution < -0.4 is 0 Å². The lowest BCUT2D eigenvalue weighted by atomic mass is 9.97. The van der Waals surface area contributed by atoms with Crippen LogP contribution in [0.5, 0.6) is 0 Å². The largest absolute Gasteiger partial charge is 0.381 e. The van der Waals surface area contributed by atoms with E-state index in [9.17, 15) is 0 Å². The average molecular weight is 209 g/mol. The molecule has 0 aromatic rings. The zero-order chi connectivity index (χ0) is 8.81. The van der Waals surface area contributed by atoms with Gasteiger partial charge in [0.25, 0.3) is 0 Å². The molecule has 0 heterocycles. The summed E-state index contributed by atoms with van der Waals surface area (Å²) in [4.78, 5) is 0. The van der Waals surface area contributed by atoms with Crippen LogP contribution in [0.3, 0.4) is 0 Å². The van der Waals surface area contributed by atoms with Gasteiger partial charge >= 0.3 is 0 Å². The van der Waals surface area contributed by atoms with E-state index >= 15 is 0 Å². The molecular weight excluding hydrogens is 192 g/mol. The third-order valence-electron chi connectivity index (χ3n) is 2.34. The van der Waals surface area contributed by atoms with E-state index in [-0.39, 0.29) is 0 Å². The van der Waals surface area contributed by atoms with Crippen molar-refractivity contribution in [2.75, 3.05) is 18.7 Å². The molecule has 1 nitrogen and oxygen atoms in total. The van der Waals surface area contributed by atoms with Crippen LogP contribution >= 0.6 is 23.4 Å². The van der Waals surface area contributed by atoms with Crippen molar-refractivity contribution in [3.05, 3.63) is 0 Å². The summed E-state index contributed by atoms with van der Waals surface area (Å²) < 4.78 is 5.36. The Morgan fingerprint density at radius 3 is 3.00 bits per heavy atom. The maximum atomic E-state index is 5.64. The summed E-state index contributed by atoms with van der Waals surface area (Å²) in [5.74, 6) is 1.86. The van der Waals surface area contributed by atoms with Crippen molar-refractivity contribution in [3.63, 3.8) is 0 Å². The molecule has 1 fully saturated rings. The fourth-order valence-electron chi connectivity index (χ4n) is 1.68. The van der Waals surface area contributed by atoms with Crippen LogP contribution in [-0.4, -0.2) is 30.1 Å². The molecule has 0 radical (unpaired) electrons. The normalized spacial score (nSPS) is 30.5. The predicted molar refractivity (Wildman–Crippen MR) is 56.2 cm³/mol. The number of halogens is 1. The molecule has 0 aromatic carbocycles. The van der Waals surface area contributed by atoms with Crippen molar-refractivity contribution in [3.8, 4) is 0 Å². The maximum absolute atomic E-state index is 5.64. The molecule has 1 saturated carbocycles. The van der Waals surface area contributed by atoms with Gasteiger partial charge in [-0.25, -0.2) is 0 Å². The smallest absolute Gasteiger partial charge is 0.0581 e. The molecule has 1 aliphatic carbocycles. The number of thioether (sulfide) groups is 1. The lowest BCUT2D eigenvalue weighted by Gasteiger charge is -2.27. The Kier molecular flexibility index (Phi) is 5.44. The van der Waals surface area contributed by atoms with E-state index < -0.39 is 0 Å². The van der Waals surface area contributed by atoms with Gasteiger partial charge < -0.3 is 4.74 Å². The van der Waals surface area contributed by atoms with Crippen LogP contribution in [0.1, 0.15) is 25.7 Å². The van der Waals surface area contributed by atoms with Crippen molar-refractivity contribution in [2.45, 2.75) is 37.0 Å². The minimum Gasteiger partial charge on any atom is -0.381 e. The van der Waals surface area contributed by atoms with Crippen LogP contribution in [0.15, 0.2) is 0 Å². The van der Waals surface area contributed by atoms with E-state index in [1.807, 2.05) is 18.9 Å². The molecule has 3 heteroatoms. The first-order valence-electron chi connectivity index (χ1n) is 4.57. The first-order chi connectivity index (χ1) is 5.86. The predicted octanol–water partition coefficient (Wildman–Crippen LogP) is 2.92. The van der Waals surface area contributed by atoms with Crippen molar-refractivity contribution in [2.24, 2.45) is 0 Å². The van der Waals surface area contributed by atoms with E-state index in [1.165, 1.54) is 25.7 Å². The molecule has 2 unspecified atom stereocenters. The highest BCUT2D eigenvalue weighted by atomic mass is 35.5. The zero-order valence-electron chi connectivity index (χ0n) is 7.59. The van der Waals surface area contributed by atoms with E-state index in [4.69, 9.17) is 16.3 Å². The Hall–Kier alpha value is 0.600. The third-order valence-corrected chi connectivity index (χ3v) is 4.09. The minimum absolute atomic E-state index is 0.506. The number of methoxy groups -OCH3 is 1. The highest BCUT2D eigenvalue weighted by molar-refractivity contribution is 7.99. The number of hydrogen-bond donors (Lipinski definition) is 0. The summed E-state index contributed by atoms with van der Waals surface area (Å²) in [5, 5.41) is 0.794. The first-order valence-corrected chi connectivity index (χ1v) is 6.15. The van der Waals surface area contributed by atoms with Gasteiger partial charge in [-0.15, -0.1) is 11.6 Å². The van der Waals surface area contributed by atoms with E-state index in [1.54, 1.807) is 0 Å². The van der Waals surface area contributed by atoms with Crippen molar-refractivity contribution in [1.82, 2.24) is 0 Å². The second-order valence-corrected chi connectivity index (χ2v) is 4.99. The van der Waals surface area contributed by atoms with Crippen molar-refractivity contribution < 1.29 is 4.74 Å². The molecule has 0 aromatic heterocycles. The maximum Gasteiger partial charge on any atom is 0.0581 e. The molecule has 1 aliphatic rings. The van der Waals surface area contributed by atoms with Gasteiger partial charge in [0, 0.05) is 24.0 Å². The summed E-state index contributed by atoms with van der Waals surface area (Å²) in [6, 6.07) is 0. The summed E-state index contributed by atoms with van der Waals surface area (Å²) >= 11 is 7.64. The van der Waals surface area contributed by atoms with Gasteiger partial charge in [-0.3, -0.25) is 0 Å². The molecule has 0 spiro atoms. The van der Waals surface area contributed by atoms with E-state index in [2.05, 4.69) is 0 Å². The standard InChI is InChI=1S/C9H17ClOS/c1-11-8-3-2-4-9(7-8)12-6-5-10/h8-9H,2-7H2,1H3. The number of hydrogen-bond acceptors (Lipinski definition) is 2. The molecular formula is C9H17ClOS. The molecule has 0 bridgehead atoms. The Labute approximate surface area is 84.2 Å². The highest BCUT2D eigenvalue weighted by Crippen LogP contribution is 2.29. The first kappa shape index (κ1) is 10.7. The summed E-state index contributed by atoms with van der Waals surface area (Å²) in [6.07, 6.45) is 5.64. The lowest BCUT2D eigenvalue weighted by Crippen LogP contribution is -2.23. The number of ether oxygens (including phenoxy) is 1. The Balaban J connectivity index is 2.16. The SMILES string of the molecule is COC1CCCC(SCCCl)C1. The molecule has 12 heavy (non-hydrogen) atoms. The lowest BCUT2D eigenvalue weighted by molar-refractivity contribution is 0.0730. The van der Waals surface area contributed by atoms with Gasteiger partial charge in [0.15, 0.2) is 0 Å². The van der Waals surface area contributed by atoms with Gasteiger partial charge in [-0.2, -0.15) is 11.8 Å². The van der Waals surface area contributed by atoms with Crippen LogP contribution in [0.4, 0.5) is 0 Å². The molecule has 2 atom stereocenters. The van der Waals surface area contributed by atoms with Gasteiger partial charge in [0.2, 0.25) is 0 Å². The fourth-order valence-corrected chi connectivity index (χ4v) is 3.05. The Morgan fingerprint density at radius 1 is 1.50 bits per heavy atom. The van der Waals surface area contributed by atoms with Crippen LogP contribution in [0.2, 0.25) is 0 Å². The minimum atomic E-state index is 0.506. The number of alkyl halides is 1. The van der Waals surface area contributed by atoms with Crippen molar-refractivity contribution in [1.29, 1.82) is 0 Å². The highest BCUT2D eigenvalue weighted by Gasteiger charge is 2.21. The van der Waals surface area contributed by atoms with Gasteiger partial charge in [-0.1, -0.05) is 0 Å². The van der Waals surface area contributed by atoms with Crippen LogP contribution in [0, 0.1) is 0 Å². The average Bonchev–Trinajstić information content (AvgIpc) is 2.15. The summed E-state index contributed by atoms with van der Waals surface area (Å²) in [7, 11) is 1.82. The molecule has 0 N–H and O–H groups in total. The molecule has 1 rings (SSSR count). The van der Waals surface area contributed by atoms with Gasteiger partial charge in [-0.05, 0) is 25.7 Å². The Morgan fingerprint density at radius 2 is 2.33 bits per heavy atom. The van der Waals surface area contributed by atoms with Crippen LogP contribution in [-0.2, 0) is 4.74 Å². The monoisotopic (exact) mass is 208 g/mol. The second-order valence-electron chi connectivity index (χ2n) is 3.21. The second kappa shape index (κ2) is 6.11. The third kappa shape index (κ3) is 3.55.